The largest absolute Gasteiger partial charge is 0.457 e. The molecule has 0 aliphatic carbocycles. The van der Waals surface area contributed by atoms with Gasteiger partial charge in [-0.05, 0) is 35.9 Å². The molecule has 1 aliphatic heterocycles. The number of hydrogen-bond acceptors (Lipinski definition) is 5. The summed E-state index contributed by atoms with van der Waals surface area (Å²) in [6, 6.07) is 14.5. The minimum Gasteiger partial charge on any atom is -0.457 e. The Balaban J connectivity index is 1.54. The van der Waals surface area contributed by atoms with Crippen LogP contribution in [-0.4, -0.2) is 31.2 Å². The first-order chi connectivity index (χ1) is 14.2. The Hall–Kier alpha value is -2.92. The summed E-state index contributed by atoms with van der Waals surface area (Å²) in [5.74, 6) is -1.05. The number of fused-ring (bicyclic) bond motifs is 1. The lowest BCUT2D eigenvalue weighted by molar-refractivity contribution is -0.146. The first-order valence-electron chi connectivity index (χ1n) is 9.73. The van der Waals surface area contributed by atoms with Crippen LogP contribution in [-0.2, 0) is 19.7 Å². The predicted octanol–water partition coefficient (Wildman–Crippen LogP) is 4.73. The van der Waals surface area contributed by atoms with E-state index in [0.717, 1.165) is 16.9 Å². The van der Waals surface area contributed by atoms with Gasteiger partial charge in [-0.2, -0.15) is 0 Å². The van der Waals surface area contributed by atoms with E-state index >= 15 is 0 Å². The van der Waals surface area contributed by atoms with E-state index < -0.39 is 5.97 Å². The molecule has 2 aromatic carbocycles. The highest BCUT2D eigenvalue weighted by atomic mass is 35.5. The Kier molecular flexibility index (Phi) is 6.42. The second-order valence-electron chi connectivity index (χ2n) is 7.79. The van der Waals surface area contributed by atoms with E-state index in [0.29, 0.717) is 10.6 Å². The molecule has 0 saturated heterocycles. The maximum atomic E-state index is 12.4. The van der Waals surface area contributed by atoms with Crippen LogP contribution in [0.3, 0.4) is 0 Å². The maximum Gasteiger partial charge on any atom is 0.306 e. The quantitative estimate of drug-likeness (QED) is 0.364. The van der Waals surface area contributed by atoms with E-state index in [1.807, 2.05) is 30.1 Å². The van der Waals surface area contributed by atoms with Crippen molar-refractivity contribution in [3.05, 3.63) is 76.5 Å². The lowest BCUT2D eigenvalue weighted by atomic mass is 9.83. The number of Topliss-reactive ketones (excluding diaryl/α,β-unsaturated/α-hetero) is 1. The Morgan fingerprint density at radius 3 is 2.37 bits per heavy atom. The zero-order valence-corrected chi connectivity index (χ0v) is 18.0. The van der Waals surface area contributed by atoms with Crippen molar-refractivity contribution in [2.45, 2.75) is 32.1 Å². The number of benzene rings is 2. The number of rotatable bonds is 7. The van der Waals surface area contributed by atoms with E-state index in [-0.39, 0.29) is 36.4 Å². The summed E-state index contributed by atoms with van der Waals surface area (Å²) >= 11 is 5.80. The molecule has 5 nitrogen and oxygen atoms in total. The van der Waals surface area contributed by atoms with Gasteiger partial charge in [0.1, 0.15) is 0 Å². The van der Waals surface area contributed by atoms with Crippen molar-refractivity contribution in [2.75, 3.05) is 18.6 Å². The third kappa shape index (κ3) is 4.62. The van der Waals surface area contributed by atoms with Gasteiger partial charge in [-0.15, -0.1) is 0 Å². The van der Waals surface area contributed by atoms with E-state index in [1.165, 1.54) is 6.08 Å². The Morgan fingerprint density at radius 1 is 1.03 bits per heavy atom. The Labute approximate surface area is 181 Å². The van der Waals surface area contributed by atoms with Crippen molar-refractivity contribution in [1.82, 2.24) is 0 Å². The normalized spacial score (nSPS) is 15.7. The third-order valence-electron chi connectivity index (χ3n) is 5.34. The third-order valence-corrected chi connectivity index (χ3v) is 5.59. The van der Waals surface area contributed by atoms with Gasteiger partial charge in [0.05, 0.1) is 6.42 Å². The fraction of sp³-hybridized carbons (Fsp3) is 0.292. The van der Waals surface area contributed by atoms with Crippen LogP contribution < -0.4 is 4.90 Å². The molecule has 0 saturated carbocycles. The van der Waals surface area contributed by atoms with Crippen molar-refractivity contribution in [3.63, 3.8) is 0 Å². The number of esters is 1. The van der Waals surface area contributed by atoms with Crippen LogP contribution in [0.5, 0.6) is 0 Å². The maximum absolute atomic E-state index is 12.4. The molecule has 0 amide bonds. The lowest BCUT2D eigenvalue weighted by Gasteiger charge is -2.23. The van der Waals surface area contributed by atoms with Crippen LogP contribution in [0.1, 0.15) is 42.6 Å². The summed E-state index contributed by atoms with van der Waals surface area (Å²) in [5.41, 5.74) is 3.21. The number of carbonyl (C=O) groups excluding carboxylic acids is 3. The van der Waals surface area contributed by atoms with Crippen LogP contribution in [0.4, 0.5) is 5.69 Å². The Morgan fingerprint density at radius 2 is 1.70 bits per heavy atom. The molecular weight excluding hydrogens is 402 g/mol. The molecule has 156 valence electrons. The highest BCUT2D eigenvalue weighted by Gasteiger charge is 2.38. The van der Waals surface area contributed by atoms with Crippen molar-refractivity contribution in [2.24, 2.45) is 0 Å². The molecule has 0 aromatic heterocycles. The monoisotopic (exact) mass is 425 g/mol. The van der Waals surface area contributed by atoms with Crippen LogP contribution in [0.2, 0.25) is 5.02 Å². The van der Waals surface area contributed by atoms with Crippen molar-refractivity contribution in [1.29, 1.82) is 0 Å². The number of carbonyl (C=O) groups is 3. The molecule has 1 aliphatic rings. The standard InChI is InChI=1S/C24H24ClNO4/c1-24(2)19-6-4-5-7-20(19)26(3)22(24)14-18(27)15-30-23(29)13-12-21(28)16-8-10-17(25)11-9-16/h4-11,14H,12-13,15H2,1-3H3. The summed E-state index contributed by atoms with van der Waals surface area (Å²) in [5, 5.41) is 0.540. The average molecular weight is 426 g/mol. The topological polar surface area (TPSA) is 63.7 Å². The highest BCUT2D eigenvalue weighted by Crippen LogP contribution is 2.46. The van der Waals surface area contributed by atoms with Gasteiger partial charge >= 0.3 is 5.97 Å². The number of likely N-dealkylation sites (N-methyl/N-ethyl adjacent to an activating group) is 1. The average Bonchev–Trinajstić information content (AvgIpc) is 2.92. The molecule has 0 spiro atoms. The van der Waals surface area contributed by atoms with Gasteiger partial charge in [0.25, 0.3) is 0 Å². The first-order valence-corrected chi connectivity index (χ1v) is 10.1. The summed E-state index contributed by atoms with van der Waals surface area (Å²) in [7, 11) is 1.92. The van der Waals surface area contributed by atoms with Crippen LogP contribution >= 0.6 is 11.6 Å². The second-order valence-corrected chi connectivity index (χ2v) is 8.22. The molecule has 30 heavy (non-hydrogen) atoms. The van der Waals surface area contributed by atoms with Gasteiger partial charge in [-0.3, -0.25) is 14.4 Å². The molecule has 0 N–H and O–H groups in total. The summed E-state index contributed by atoms with van der Waals surface area (Å²) in [6.07, 6.45) is 1.47. The van der Waals surface area contributed by atoms with Gasteiger partial charge in [-0.25, -0.2) is 0 Å². The van der Waals surface area contributed by atoms with E-state index in [4.69, 9.17) is 16.3 Å². The molecule has 0 unspecified atom stereocenters. The molecule has 0 fully saturated rings. The zero-order chi connectivity index (χ0) is 21.9. The fourth-order valence-corrected chi connectivity index (χ4v) is 3.80. The van der Waals surface area contributed by atoms with Crippen molar-refractivity contribution in [3.8, 4) is 0 Å². The zero-order valence-electron chi connectivity index (χ0n) is 17.3. The van der Waals surface area contributed by atoms with E-state index in [9.17, 15) is 14.4 Å². The van der Waals surface area contributed by atoms with Crippen LogP contribution in [0.25, 0.3) is 0 Å². The summed E-state index contributed by atoms with van der Waals surface area (Å²) < 4.78 is 5.08. The van der Waals surface area contributed by atoms with Crippen LogP contribution in [0.15, 0.2) is 60.3 Å². The molecule has 6 heteroatoms. The number of allylic oxidation sites excluding steroid dienone is 1. The number of para-hydroxylation sites is 1. The van der Waals surface area contributed by atoms with Crippen molar-refractivity contribution >= 4 is 34.8 Å². The minimum absolute atomic E-state index is 0.0147. The molecule has 0 atom stereocenters. The van der Waals surface area contributed by atoms with Gasteiger partial charge in [0.2, 0.25) is 0 Å². The Bertz CT molecular complexity index is 1010. The van der Waals surface area contributed by atoms with E-state index in [1.54, 1.807) is 24.3 Å². The SMILES string of the molecule is CN1C(=CC(=O)COC(=O)CCC(=O)c2ccc(Cl)cc2)C(C)(C)c2ccccc21. The van der Waals surface area contributed by atoms with E-state index in [2.05, 4.69) is 19.9 Å². The molecule has 0 radical (unpaired) electrons. The molecular formula is C24H24ClNO4. The number of halogens is 1. The number of hydrogen-bond donors (Lipinski definition) is 0. The molecule has 2 aromatic rings. The van der Waals surface area contributed by atoms with Gasteiger partial charge in [-0.1, -0.05) is 43.6 Å². The fourth-order valence-electron chi connectivity index (χ4n) is 3.67. The summed E-state index contributed by atoms with van der Waals surface area (Å²) in [6.45, 7) is 3.77. The number of ether oxygens (including phenoxy) is 1. The summed E-state index contributed by atoms with van der Waals surface area (Å²) in [4.78, 5) is 38.5. The van der Waals surface area contributed by atoms with Gasteiger partial charge in [0.15, 0.2) is 18.2 Å². The molecule has 3 rings (SSSR count). The highest BCUT2D eigenvalue weighted by molar-refractivity contribution is 6.30. The molecule has 0 bridgehead atoms. The second kappa shape index (κ2) is 8.84. The smallest absolute Gasteiger partial charge is 0.306 e. The van der Waals surface area contributed by atoms with Gasteiger partial charge in [0, 0.05) is 46.9 Å². The number of nitrogens with zero attached hydrogens (tertiary/aromatic N) is 1. The predicted molar refractivity (Wildman–Crippen MR) is 117 cm³/mol. The van der Waals surface area contributed by atoms with Gasteiger partial charge < -0.3 is 9.64 Å². The minimum atomic E-state index is -0.577. The number of ketones is 2. The first kappa shape index (κ1) is 21.8. The lowest BCUT2D eigenvalue weighted by Crippen LogP contribution is -2.25. The molecule has 1 heterocycles. The van der Waals surface area contributed by atoms with Crippen molar-refractivity contribution < 1.29 is 19.1 Å². The van der Waals surface area contributed by atoms with Crippen LogP contribution in [0, 0.1) is 0 Å². The number of anilines is 1.